The minimum Gasteiger partial charge on any atom is -0.365 e. The van der Waals surface area contributed by atoms with Crippen LogP contribution in [0.5, 0.6) is 0 Å². The lowest BCUT2D eigenvalue weighted by molar-refractivity contribution is -0.119. The van der Waals surface area contributed by atoms with Gasteiger partial charge in [0.25, 0.3) is 0 Å². The van der Waals surface area contributed by atoms with Gasteiger partial charge in [0, 0.05) is 12.1 Å². The van der Waals surface area contributed by atoms with Crippen LogP contribution in [-0.4, -0.2) is 19.8 Å². The van der Waals surface area contributed by atoms with Gasteiger partial charge >= 0.3 is 6.18 Å². The number of nitriles is 1. The summed E-state index contributed by atoms with van der Waals surface area (Å²) in [6, 6.07) is 6.02. The van der Waals surface area contributed by atoms with Crippen molar-refractivity contribution in [3.63, 3.8) is 0 Å². The molecule has 1 aromatic carbocycles. The van der Waals surface area contributed by atoms with E-state index in [1.807, 2.05) is 6.07 Å². The molecule has 0 bridgehead atoms. The summed E-state index contributed by atoms with van der Waals surface area (Å²) >= 11 is 5.67. The molecule has 1 aromatic rings. The third-order valence-corrected chi connectivity index (χ3v) is 2.14. The molecule has 0 saturated carbocycles. The van der Waals surface area contributed by atoms with E-state index < -0.39 is 12.7 Å². The molecule has 86 valence electrons. The fourth-order valence-electron chi connectivity index (χ4n) is 1.27. The molecule has 1 rings (SSSR count). The highest BCUT2D eigenvalue weighted by Crippen LogP contribution is 2.26. The number of alkyl halides is 3. The largest absolute Gasteiger partial charge is 0.405 e. The van der Waals surface area contributed by atoms with E-state index in [1.165, 1.54) is 25.2 Å². The Balaban J connectivity index is 3.03. The molecular formula is C10H8ClF3N2. The van der Waals surface area contributed by atoms with Gasteiger partial charge in [-0.05, 0) is 18.2 Å². The molecule has 0 N–H and O–H groups in total. The Labute approximate surface area is 95.8 Å². The molecule has 6 heteroatoms. The van der Waals surface area contributed by atoms with Crippen LogP contribution in [0.4, 0.5) is 18.9 Å². The van der Waals surface area contributed by atoms with E-state index in [-0.39, 0.29) is 11.3 Å². The van der Waals surface area contributed by atoms with Crippen molar-refractivity contribution >= 4 is 17.3 Å². The molecular weight excluding hydrogens is 241 g/mol. The minimum absolute atomic E-state index is 0.163. The van der Waals surface area contributed by atoms with Gasteiger partial charge in [0.05, 0.1) is 11.3 Å². The summed E-state index contributed by atoms with van der Waals surface area (Å²) in [6.45, 7) is -1.12. The topological polar surface area (TPSA) is 27.0 Å². The number of hydrogen-bond donors (Lipinski definition) is 0. The quantitative estimate of drug-likeness (QED) is 0.804. The van der Waals surface area contributed by atoms with E-state index >= 15 is 0 Å². The molecule has 0 amide bonds. The molecule has 0 spiro atoms. The monoisotopic (exact) mass is 248 g/mol. The normalized spacial score (nSPS) is 11.0. The Morgan fingerprint density at radius 1 is 1.44 bits per heavy atom. The Morgan fingerprint density at radius 3 is 2.56 bits per heavy atom. The van der Waals surface area contributed by atoms with Crippen LogP contribution in [0.25, 0.3) is 0 Å². The Bertz CT molecular complexity index is 423. The second-order valence-corrected chi connectivity index (χ2v) is 3.68. The lowest BCUT2D eigenvalue weighted by Gasteiger charge is -2.22. The van der Waals surface area contributed by atoms with Gasteiger partial charge in [0.15, 0.2) is 0 Å². The van der Waals surface area contributed by atoms with Crippen molar-refractivity contribution in [1.29, 1.82) is 5.26 Å². The van der Waals surface area contributed by atoms with Gasteiger partial charge in [-0.25, -0.2) is 0 Å². The molecule has 0 aliphatic heterocycles. The predicted octanol–water partition coefficient (Wildman–Crippen LogP) is 3.21. The first-order valence-corrected chi connectivity index (χ1v) is 4.69. The average Bonchev–Trinajstić information content (AvgIpc) is 2.15. The Kier molecular flexibility index (Phi) is 3.66. The summed E-state index contributed by atoms with van der Waals surface area (Å²) in [7, 11) is 1.26. The first kappa shape index (κ1) is 12.7. The summed E-state index contributed by atoms with van der Waals surface area (Å²) in [5.41, 5.74) is 0.337. The Morgan fingerprint density at radius 2 is 2.06 bits per heavy atom. The fraction of sp³-hybridized carbons (Fsp3) is 0.300. The average molecular weight is 249 g/mol. The Hall–Kier alpha value is -1.41. The second-order valence-electron chi connectivity index (χ2n) is 3.24. The van der Waals surface area contributed by atoms with Crippen molar-refractivity contribution in [2.75, 3.05) is 18.5 Å². The predicted molar refractivity (Wildman–Crippen MR) is 55.5 cm³/mol. The highest BCUT2D eigenvalue weighted by atomic mass is 35.5. The summed E-state index contributed by atoms with van der Waals surface area (Å²) in [5, 5.41) is 9.05. The number of benzene rings is 1. The van der Waals surface area contributed by atoms with Gasteiger partial charge < -0.3 is 4.90 Å². The number of halogens is 4. The van der Waals surface area contributed by atoms with E-state index in [1.54, 1.807) is 0 Å². The zero-order valence-corrected chi connectivity index (χ0v) is 9.10. The molecule has 0 aliphatic rings. The van der Waals surface area contributed by atoms with Crippen LogP contribution in [0.1, 0.15) is 5.56 Å². The first-order chi connectivity index (χ1) is 7.33. The zero-order chi connectivity index (χ0) is 12.3. The fourth-order valence-corrected chi connectivity index (χ4v) is 1.44. The van der Waals surface area contributed by atoms with Crippen LogP contribution in [-0.2, 0) is 0 Å². The zero-order valence-electron chi connectivity index (χ0n) is 8.35. The molecule has 0 unspecified atom stereocenters. The maximum Gasteiger partial charge on any atom is 0.405 e. The molecule has 16 heavy (non-hydrogen) atoms. The molecule has 2 nitrogen and oxygen atoms in total. The van der Waals surface area contributed by atoms with Gasteiger partial charge in [0.1, 0.15) is 12.6 Å². The number of anilines is 1. The van der Waals surface area contributed by atoms with E-state index in [0.29, 0.717) is 5.02 Å². The highest BCUT2D eigenvalue weighted by Gasteiger charge is 2.30. The molecule has 0 heterocycles. The molecule has 0 saturated heterocycles. The smallest absolute Gasteiger partial charge is 0.365 e. The van der Waals surface area contributed by atoms with Crippen LogP contribution in [0, 0.1) is 11.3 Å². The maximum atomic E-state index is 12.2. The summed E-state index contributed by atoms with van der Waals surface area (Å²) in [5.74, 6) is 0. The molecule has 0 aliphatic carbocycles. The highest BCUT2D eigenvalue weighted by molar-refractivity contribution is 6.30. The van der Waals surface area contributed by atoms with Crippen molar-refractivity contribution < 1.29 is 13.2 Å². The molecule has 0 aromatic heterocycles. The van der Waals surface area contributed by atoms with Gasteiger partial charge in [-0.15, -0.1) is 0 Å². The van der Waals surface area contributed by atoms with Crippen LogP contribution in [0.15, 0.2) is 18.2 Å². The summed E-state index contributed by atoms with van der Waals surface area (Å²) in [4.78, 5) is 0.949. The lowest BCUT2D eigenvalue weighted by Crippen LogP contribution is -2.31. The summed E-state index contributed by atoms with van der Waals surface area (Å²) in [6.07, 6.45) is -4.32. The first-order valence-electron chi connectivity index (χ1n) is 4.31. The molecule has 0 atom stereocenters. The van der Waals surface area contributed by atoms with Crippen LogP contribution in [0.2, 0.25) is 5.02 Å². The second kappa shape index (κ2) is 4.62. The van der Waals surface area contributed by atoms with E-state index in [9.17, 15) is 13.2 Å². The van der Waals surface area contributed by atoms with Gasteiger partial charge in [-0.3, -0.25) is 0 Å². The van der Waals surface area contributed by atoms with Crippen molar-refractivity contribution in [3.8, 4) is 6.07 Å². The SMILES string of the molecule is CN(CC(F)(F)F)c1cc(Cl)ccc1C#N. The lowest BCUT2D eigenvalue weighted by atomic mass is 10.2. The third kappa shape index (κ3) is 3.31. The molecule has 0 fully saturated rings. The van der Waals surface area contributed by atoms with E-state index in [0.717, 1.165) is 4.90 Å². The third-order valence-electron chi connectivity index (χ3n) is 1.91. The molecule has 0 radical (unpaired) electrons. The number of nitrogens with zero attached hydrogens (tertiary/aromatic N) is 2. The van der Waals surface area contributed by atoms with Crippen molar-refractivity contribution in [1.82, 2.24) is 0 Å². The minimum atomic E-state index is -4.32. The van der Waals surface area contributed by atoms with Gasteiger partial charge in [0.2, 0.25) is 0 Å². The van der Waals surface area contributed by atoms with Crippen LogP contribution in [0.3, 0.4) is 0 Å². The van der Waals surface area contributed by atoms with Crippen LogP contribution >= 0.6 is 11.6 Å². The standard InChI is InChI=1S/C10H8ClF3N2/c1-16(6-10(12,13)14)9-4-8(11)3-2-7(9)5-15/h2-4H,6H2,1H3. The van der Waals surface area contributed by atoms with E-state index in [4.69, 9.17) is 16.9 Å². The van der Waals surface area contributed by atoms with Gasteiger partial charge in [-0.1, -0.05) is 11.6 Å². The van der Waals surface area contributed by atoms with E-state index in [2.05, 4.69) is 0 Å². The summed E-state index contributed by atoms with van der Waals surface area (Å²) < 4.78 is 36.5. The van der Waals surface area contributed by atoms with Crippen molar-refractivity contribution in [2.45, 2.75) is 6.18 Å². The maximum absolute atomic E-state index is 12.2. The number of hydrogen-bond acceptors (Lipinski definition) is 2. The van der Waals surface area contributed by atoms with Crippen molar-refractivity contribution in [3.05, 3.63) is 28.8 Å². The van der Waals surface area contributed by atoms with Crippen LogP contribution < -0.4 is 4.90 Å². The van der Waals surface area contributed by atoms with Gasteiger partial charge in [-0.2, -0.15) is 18.4 Å². The van der Waals surface area contributed by atoms with Crippen molar-refractivity contribution in [2.24, 2.45) is 0 Å². The number of rotatable bonds is 2.